The van der Waals surface area contributed by atoms with Crippen LogP contribution in [0.1, 0.15) is 27.6 Å². The predicted molar refractivity (Wildman–Crippen MR) is 130 cm³/mol. The Balaban J connectivity index is 1.38. The lowest BCUT2D eigenvalue weighted by Crippen LogP contribution is -2.12. The number of carbonyl (C=O) groups is 1. The number of hydrogen-bond acceptors (Lipinski definition) is 4. The van der Waals surface area contributed by atoms with E-state index in [0.717, 1.165) is 11.3 Å². The molecule has 4 rings (SSSR count). The van der Waals surface area contributed by atoms with Crippen molar-refractivity contribution in [3.05, 3.63) is 97.5 Å². The van der Waals surface area contributed by atoms with E-state index < -0.39 is 5.91 Å². The number of nitrogens with zero attached hydrogens (tertiary/aromatic N) is 2. The van der Waals surface area contributed by atoms with Gasteiger partial charge in [-0.25, -0.2) is 0 Å². The summed E-state index contributed by atoms with van der Waals surface area (Å²) in [6, 6.07) is 15.3. The minimum atomic E-state index is -0.426. The van der Waals surface area contributed by atoms with Crippen molar-refractivity contribution in [2.45, 2.75) is 20.1 Å². The van der Waals surface area contributed by atoms with Gasteiger partial charge >= 0.3 is 0 Å². The van der Waals surface area contributed by atoms with E-state index in [1.54, 1.807) is 53.2 Å². The second kappa shape index (κ2) is 10.1. The molecule has 0 aliphatic heterocycles. The van der Waals surface area contributed by atoms with Crippen LogP contribution in [0.3, 0.4) is 0 Å². The van der Waals surface area contributed by atoms with Crippen molar-refractivity contribution in [2.24, 2.45) is 0 Å². The standard InChI is InChI=1S/C23H17Cl4N3O3/c1-13-8-22(29-30(13)11-14-2-5-17(25)18(26)9-14)28-23(31)21-7-4-16(33-21)12-32-20-6-3-15(24)10-19(20)27/h2-10H,11-12H2,1H3,(H,28,29,31). The molecule has 10 heteroatoms. The molecule has 0 aliphatic rings. The summed E-state index contributed by atoms with van der Waals surface area (Å²) in [6.07, 6.45) is 0. The van der Waals surface area contributed by atoms with Crippen molar-refractivity contribution in [1.29, 1.82) is 0 Å². The Bertz CT molecular complexity index is 1320. The van der Waals surface area contributed by atoms with Crippen LogP contribution >= 0.6 is 46.4 Å². The Morgan fingerprint density at radius 1 is 1.00 bits per heavy atom. The summed E-state index contributed by atoms with van der Waals surface area (Å²) in [6.45, 7) is 2.48. The van der Waals surface area contributed by atoms with Crippen molar-refractivity contribution >= 4 is 58.1 Å². The van der Waals surface area contributed by atoms with Gasteiger partial charge < -0.3 is 14.5 Å². The van der Waals surface area contributed by atoms with Gasteiger partial charge in [0.25, 0.3) is 5.91 Å². The van der Waals surface area contributed by atoms with E-state index in [1.165, 1.54) is 0 Å². The monoisotopic (exact) mass is 523 g/mol. The first-order chi connectivity index (χ1) is 15.8. The second-order valence-electron chi connectivity index (χ2n) is 7.16. The average Bonchev–Trinajstić information content (AvgIpc) is 3.37. The van der Waals surface area contributed by atoms with Gasteiger partial charge in [-0.05, 0) is 55.0 Å². The zero-order valence-electron chi connectivity index (χ0n) is 17.2. The number of benzene rings is 2. The fourth-order valence-electron chi connectivity index (χ4n) is 3.04. The molecule has 0 atom stereocenters. The van der Waals surface area contributed by atoms with Gasteiger partial charge in [0.1, 0.15) is 18.1 Å². The van der Waals surface area contributed by atoms with Crippen LogP contribution in [-0.4, -0.2) is 15.7 Å². The first-order valence-electron chi connectivity index (χ1n) is 9.75. The molecule has 2 heterocycles. The van der Waals surface area contributed by atoms with Crippen LogP contribution in [0.5, 0.6) is 5.75 Å². The van der Waals surface area contributed by atoms with Crippen LogP contribution in [0.15, 0.2) is 59.0 Å². The van der Waals surface area contributed by atoms with Crippen LogP contribution in [0.25, 0.3) is 0 Å². The highest BCUT2D eigenvalue weighted by Crippen LogP contribution is 2.28. The summed E-state index contributed by atoms with van der Waals surface area (Å²) in [4.78, 5) is 12.6. The molecular formula is C23H17Cl4N3O3. The van der Waals surface area contributed by atoms with E-state index in [4.69, 9.17) is 55.6 Å². The van der Waals surface area contributed by atoms with Crippen molar-refractivity contribution in [3.8, 4) is 5.75 Å². The number of anilines is 1. The third kappa shape index (κ3) is 5.84. The smallest absolute Gasteiger partial charge is 0.292 e. The highest BCUT2D eigenvalue weighted by molar-refractivity contribution is 6.42. The maximum Gasteiger partial charge on any atom is 0.292 e. The van der Waals surface area contributed by atoms with Crippen molar-refractivity contribution < 1.29 is 13.9 Å². The van der Waals surface area contributed by atoms with E-state index in [9.17, 15) is 4.79 Å². The summed E-state index contributed by atoms with van der Waals surface area (Å²) < 4.78 is 13.0. The summed E-state index contributed by atoms with van der Waals surface area (Å²) >= 11 is 24.0. The Kier molecular flexibility index (Phi) is 7.20. The zero-order chi connectivity index (χ0) is 23.5. The van der Waals surface area contributed by atoms with Crippen LogP contribution in [-0.2, 0) is 13.2 Å². The van der Waals surface area contributed by atoms with E-state index in [1.807, 2.05) is 13.0 Å². The SMILES string of the molecule is Cc1cc(NC(=O)c2ccc(COc3ccc(Cl)cc3Cl)o2)nn1Cc1ccc(Cl)c(Cl)c1. The molecule has 170 valence electrons. The Hall–Kier alpha value is -2.64. The topological polar surface area (TPSA) is 69.3 Å². The first-order valence-corrected chi connectivity index (χ1v) is 11.3. The Morgan fingerprint density at radius 2 is 1.82 bits per heavy atom. The summed E-state index contributed by atoms with van der Waals surface area (Å²) in [5, 5.41) is 9.05. The number of aromatic nitrogens is 2. The number of aryl methyl sites for hydroxylation is 1. The van der Waals surface area contributed by atoms with Gasteiger partial charge in [-0.2, -0.15) is 5.10 Å². The maximum absolute atomic E-state index is 12.6. The maximum atomic E-state index is 12.6. The number of furan rings is 1. The van der Waals surface area contributed by atoms with E-state index in [-0.39, 0.29) is 12.4 Å². The van der Waals surface area contributed by atoms with E-state index in [0.29, 0.717) is 44.0 Å². The highest BCUT2D eigenvalue weighted by atomic mass is 35.5. The number of nitrogens with one attached hydrogen (secondary N) is 1. The molecule has 1 amide bonds. The number of amides is 1. The third-order valence-corrected chi connectivity index (χ3v) is 5.96. The first kappa shape index (κ1) is 23.5. The lowest BCUT2D eigenvalue weighted by atomic mass is 10.2. The molecule has 0 unspecified atom stereocenters. The largest absolute Gasteiger partial charge is 0.484 e. The predicted octanol–water partition coefficient (Wildman–Crippen LogP) is 7.28. The average molecular weight is 525 g/mol. The molecule has 0 bridgehead atoms. The summed E-state index contributed by atoms with van der Waals surface area (Å²) in [5.74, 6) is 1.04. The van der Waals surface area contributed by atoms with Gasteiger partial charge in [-0.1, -0.05) is 52.5 Å². The molecule has 4 aromatic rings. The van der Waals surface area contributed by atoms with Gasteiger partial charge in [0, 0.05) is 16.8 Å². The lowest BCUT2D eigenvalue weighted by molar-refractivity contribution is 0.0992. The van der Waals surface area contributed by atoms with Crippen LogP contribution in [0, 0.1) is 6.92 Å². The minimum Gasteiger partial charge on any atom is -0.484 e. The Labute approximate surface area is 210 Å². The van der Waals surface area contributed by atoms with Crippen LogP contribution < -0.4 is 10.1 Å². The minimum absolute atomic E-state index is 0.103. The second-order valence-corrected chi connectivity index (χ2v) is 8.82. The summed E-state index contributed by atoms with van der Waals surface area (Å²) in [5.41, 5.74) is 1.80. The van der Waals surface area contributed by atoms with Crippen molar-refractivity contribution in [3.63, 3.8) is 0 Å². The molecule has 33 heavy (non-hydrogen) atoms. The molecule has 1 N–H and O–H groups in total. The van der Waals surface area contributed by atoms with Gasteiger partial charge in [0.05, 0.1) is 21.6 Å². The number of rotatable bonds is 7. The zero-order valence-corrected chi connectivity index (χ0v) is 20.3. The lowest BCUT2D eigenvalue weighted by Gasteiger charge is -2.06. The number of ether oxygens (including phenoxy) is 1. The van der Waals surface area contributed by atoms with Crippen LogP contribution in [0.4, 0.5) is 5.82 Å². The van der Waals surface area contributed by atoms with Gasteiger partial charge in [0.15, 0.2) is 11.6 Å². The van der Waals surface area contributed by atoms with E-state index in [2.05, 4.69) is 10.4 Å². The van der Waals surface area contributed by atoms with Crippen molar-refractivity contribution in [2.75, 3.05) is 5.32 Å². The number of halogens is 4. The molecular weight excluding hydrogens is 508 g/mol. The third-order valence-electron chi connectivity index (χ3n) is 4.69. The fraction of sp³-hybridized carbons (Fsp3) is 0.130. The molecule has 0 saturated carbocycles. The fourth-order valence-corrected chi connectivity index (χ4v) is 3.82. The summed E-state index contributed by atoms with van der Waals surface area (Å²) in [7, 11) is 0. The molecule has 0 spiro atoms. The van der Waals surface area contributed by atoms with Gasteiger partial charge in [-0.3, -0.25) is 9.48 Å². The number of hydrogen-bond donors (Lipinski definition) is 1. The normalized spacial score (nSPS) is 10.9. The Morgan fingerprint density at radius 3 is 2.58 bits per heavy atom. The molecule has 0 aliphatic carbocycles. The molecule has 2 aromatic heterocycles. The molecule has 0 radical (unpaired) electrons. The van der Waals surface area contributed by atoms with Crippen LogP contribution in [0.2, 0.25) is 20.1 Å². The molecule has 6 nitrogen and oxygen atoms in total. The number of carbonyl (C=O) groups excluding carboxylic acids is 1. The van der Waals surface area contributed by atoms with E-state index >= 15 is 0 Å². The molecule has 0 fully saturated rings. The van der Waals surface area contributed by atoms with Crippen molar-refractivity contribution in [1.82, 2.24) is 9.78 Å². The molecule has 2 aromatic carbocycles. The van der Waals surface area contributed by atoms with Gasteiger partial charge in [-0.15, -0.1) is 0 Å². The highest BCUT2D eigenvalue weighted by Gasteiger charge is 2.15. The molecule has 0 saturated heterocycles. The van der Waals surface area contributed by atoms with Gasteiger partial charge in [0.2, 0.25) is 0 Å². The quantitative estimate of drug-likeness (QED) is 0.276.